The molecule has 0 radical (unpaired) electrons. The second-order valence-electron chi connectivity index (χ2n) is 3.11. The van der Waals surface area contributed by atoms with Crippen molar-refractivity contribution in [2.45, 2.75) is 18.3 Å². The van der Waals surface area contributed by atoms with Crippen LogP contribution in [0.15, 0.2) is 33.9 Å². The molecule has 14 heavy (non-hydrogen) atoms. The van der Waals surface area contributed by atoms with Crippen LogP contribution in [0.25, 0.3) is 11.1 Å². The molecule has 0 amide bonds. The van der Waals surface area contributed by atoms with Crippen LogP contribution < -0.4 is 0 Å². The van der Waals surface area contributed by atoms with Crippen LogP contribution in [0.5, 0.6) is 0 Å². The molecule has 1 N–H and O–H groups in total. The van der Waals surface area contributed by atoms with Crippen molar-refractivity contribution in [3.8, 4) is 0 Å². The van der Waals surface area contributed by atoms with Crippen LogP contribution in [0.1, 0.15) is 6.92 Å². The summed E-state index contributed by atoms with van der Waals surface area (Å²) in [4.78, 5) is 4.27. The maximum Gasteiger partial charge on any atom is 0.256 e. The van der Waals surface area contributed by atoms with E-state index in [-0.39, 0.29) is 6.10 Å². The summed E-state index contributed by atoms with van der Waals surface area (Å²) in [6, 6.07) is 7.63. The molecule has 3 nitrogen and oxygen atoms in total. The highest BCUT2D eigenvalue weighted by Crippen LogP contribution is 2.23. The number of aliphatic hydroxyl groups is 1. The first-order valence-electron chi connectivity index (χ1n) is 4.42. The van der Waals surface area contributed by atoms with E-state index < -0.39 is 0 Å². The Balaban J connectivity index is 2.19. The lowest BCUT2D eigenvalue weighted by Gasteiger charge is -1.98. The molecule has 0 aliphatic carbocycles. The van der Waals surface area contributed by atoms with Crippen LogP contribution in [0.3, 0.4) is 0 Å². The highest BCUT2D eigenvalue weighted by molar-refractivity contribution is 7.99. The van der Waals surface area contributed by atoms with Crippen molar-refractivity contribution in [1.82, 2.24) is 4.98 Å². The fourth-order valence-corrected chi connectivity index (χ4v) is 1.80. The molecule has 0 saturated carbocycles. The molecule has 0 saturated heterocycles. The van der Waals surface area contributed by atoms with E-state index in [2.05, 4.69) is 4.98 Å². The van der Waals surface area contributed by atoms with Gasteiger partial charge < -0.3 is 9.52 Å². The standard InChI is InChI=1S/C10H11NO2S/c1-7(12)6-14-10-11-8-4-2-3-5-9(8)13-10/h2-5,7,12H,6H2,1H3/t7-/m0/s1. The smallest absolute Gasteiger partial charge is 0.256 e. The lowest BCUT2D eigenvalue weighted by atomic mass is 10.3. The first-order valence-corrected chi connectivity index (χ1v) is 5.41. The van der Waals surface area contributed by atoms with Crippen molar-refractivity contribution >= 4 is 22.9 Å². The number of benzene rings is 1. The van der Waals surface area contributed by atoms with Gasteiger partial charge >= 0.3 is 0 Å². The van der Waals surface area contributed by atoms with Crippen molar-refractivity contribution in [3.63, 3.8) is 0 Å². The minimum atomic E-state index is -0.338. The Morgan fingerprint density at radius 3 is 3.00 bits per heavy atom. The molecule has 0 aliphatic heterocycles. The Kier molecular flexibility index (Phi) is 2.74. The monoisotopic (exact) mass is 209 g/mol. The maximum absolute atomic E-state index is 9.10. The lowest BCUT2D eigenvalue weighted by molar-refractivity contribution is 0.220. The molecule has 1 aromatic carbocycles. The van der Waals surface area contributed by atoms with E-state index in [1.165, 1.54) is 11.8 Å². The van der Waals surface area contributed by atoms with Crippen LogP contribution >= 0.6 is 11.8 Å². The minimum Gasteiger partial charge on any atom is -0.431 e. The van der Waals surface area contributed by atoms with Gasteiger partial charge in [0.05, 0.1) is 6.10 Å². The molecule has 0 fully saturated rings. The number of fused-ring (bicyclic) bond motifs is 1. The largest absolute Gasteiger partial charge is 0.431 e. The van der Waals surface area contributed by atoms with Gasteiger partial charge in [0.1, 0.15) is 5.52 Å². The van der Waals surface area contributed by atoms with Gasteiger partial charge in [-0.1, -0.05) is 23.9 Å². The molecular formula is C10H11NO2S. The van der Waals surface area contributed by atoms with Gasteiger partial charge in [-0.05, 0) is 19.1 Å². The Labute approximate surface area is 86.1 Å². The molecule has 2 rings (SSSR count). The summed E-state index contributed by atoms with van der Waals surface area (Å²) in [5.74, 6) is 0.604. The Morgan fingerprint density at radius 1 is 1.50 bits per heavy atom. The second-order valence-corrected chi connectivity index (χ2v) is 4.08. The first-order chi connectivity index (χ1) is 6.75. The normalized spacial score (nSPS) is 13.3. The molecule has 1 aromatic heterocycles. The van der Waals surface area contributed by atoms with Gasteiger partial charge in [-0.2, -0.15) is 0 Å². The number of thioether (sulfide) groups is 1. The summed E-state index contributed by atoms with van der Waals surface area (Å²) in [6.07, 6.45) is -0.338. The van der Waals surface area contributed by atoms with Crippen LogP contribution in [-0.4, -0.2) is 21.9 Å². The quantitative estimate of drug-likeness (QED) is 0.788. The van der Waals surface area contributed by atoms with Gasteiger partial charge in [0.25, 0.3) is 5.22 Å². The number of aliphatic hydroxyl groups excluding tert-OH is 1. The van der Waals surface area contributed by atoms with Crippen molar-refractivity contribution in [2.24, 2.45) is 0 Å². The summed E-state index contributed by atoms with van der Waals surface area (Å²) < 4.78 is 5.46. The molecule has 0 bridgehead atoms. The average Bonchev–Trinajstić information content (AvgIpc) is 2.57. The highest BCUT2D eigenvalue weighted by atomic mass is 32.2. The topological polar surface area (TPSA) is 46.3 Å². The van der Waals surface area contributed by atoms with E-state index in [4.69, 9.17) is 9.52 Å². The number of rotatable bonds is 3. The third-order valence-corrected chi connectivity index (χ3v) is 2.79. The minimum absolute atomic E-state index is 0.338. The predicted molar refractivity (Wildman–Crippen MR) is 56.4 cm³/mol. The summed E-state index contributed by atoms with van der Waals surface area (Å²) in [5.41, 5.74) is 1.65. The third-order valence-electron chi connectivity index (χ3n) is 1.72. The number of hydrogen-bond acceptors (Lipinski definition) is 4. The zero-order valence-corrected chi connectivity index (χ0v) is 8.62. The van der Waals surface area contributed by atoms with Gasteiger partial charge in [-0.25, -0.2) is 4.98 Å². The Hall–Kier alpha value is -1.00. The van der Waals surface area contributed by atoms with Gasteiger partial charge in [0.15, 0.2) is 5.58 Å². The highest BCUT2D eigenvalue weighted by Gasteiger charge is 2.06. The van der Waals surface area contributed by atoms with E-state index >= 15 is 0 Å². The lowest BCUT2D eigenvalue weighted by Crippen LogP contribution is -2.02. The third kappa shape index (κ3) is 2.08. The average molecular weight is 209 g/mol. The zero-order chi connectivity index (χ0) is 9.97. The molecule has 1 heterocycles. The van der Waals surface area contributed by atoms with E-state index in [0.717, 1.165) is 11.1 Å². The van der Waals surface area contributed by atoms with E-state index in [1.54, 1.807) is 6.92 Å². The Morgan fingerprint density at radius 2 is 2.29 bits per heavy atom. The van der Waals surface area contributed by atoms with Gasteiger partial charge in [-0.3, -0.25) is 0 Å². The van der Waals surface area contributed by atoms with E-state index in [1.807, 2.05) is 24.3 Å². The van der Waals surface area contributed by atoms with Crippen molar-refractivity contribution in [3.05, 3.63) is 24.3 Å². The number of hydrogen-bond donors (Lipinski definition) is 1. The fraction of sp³-hybridized carbons (Fsp3) is 0.300. The first kappa shape index (κ1) is 9.55. The van der Waals surface area contributed by atoms with Crippen molar-refractivity contribution in [2.75, 3.05) is 5.75 Å². The number of oxazole rings is 1. The molecular weight excluding hydrogens is 198 g/mol. The number of para-hydroxylation sites is 2. The van der Waals surface area contributed by atoms with Crippen molar-refractivity contribution in [1.29, 1.82) is 0 Å². The van der Waals surface area contributed by atoms with Crippen LogP contribution in [0, 0.1) is 0 Å². The molecule has 2 aromatic rings. The van der Waals surface area contributed by atoms with Gasteiger partial charge in [-0.15, -0.1) is 0 Å². The van der Waals surface area contributed by atoms with E-state index in [0.29, 0.717) is 11.0 Å². The SMILES string of the molecule is C[C@H](O)CSc1nc2ccccc2o1. The second kappa shape index (κ2) is 4.02. The van der Waals surface area contributed by atoms with Crippen LogP contribution in [-0.2, 0) is 0 Å². The molecule has 0 unspecified atom stereocenters. The molecule has 1 atom stereocenters. The molecule has 0 aliphatic rings. The van der Waals surface area contributed by atoms with Crippen LogP contribution in [0.2, 0.25) is 0 Å². The predicted octanol–water partition coefficient (Wildman–Crippen LogP) is 2.30. The molecule has 74 valence electrons. The molecule has 4 heteroatoms. The summed E-state index contributed by atoms with van der Waals surface area (Å²) in [6.45, 7) is 1.75. The zero-order valence-electron chi connectivity index (χ0n) is 7.80. The Bertz CT molecular complexity index is 392. The van der Waals surface area contributed by atoms with Gasteiger partial charge in [0, 0.05) is 5.75 Å². The summed E-state index contributed by atoms with van der Waals surface area (Å²) in [7, 11) is 0. The summed E-state index contributed by atoms with van der Waals surface area (Å²) >= 11 is 1.43. The van der Waals surface area contributed by atoms with Crippen molar-refractivity contribution < 1.29 is 9.52 Å². The van der Waals surface area contributed by atoms with Gasteiger partial charge in [0.2, 0.25) is 0 Å². The molecule has 0 spiro atoms. The maximum atomic E-state index is 9.10. The van der Waals surface area contributed by atoms with Crippen LogP contribution in [0.4, 0.5) is 0 Å². The number of aromatic nitrogens is 1. The summed E-state index contributed by atoms with van der Waals surface area (Å²) in [5, 5.41) is 9.72. The number of nitrogens with zero attached hydrogens (tertiary/aromatic N) is 1. The fourth-order valence-electron chi connectivity index (χ4n) is 1.10. The van der Waals surface area contributed by atoms with E-state index in [9.17, 15) is 0 Å².